The molecule has 0 saturated carbocycles. The fourth-order valence-corrected chi connectivity index (χ4v) is 2.88. The van der Waals surface area contributed by atoms with E-state index < -0.39 is 12.1 Å². The number of aromatic nitrogens is 2. The van der Waals surface area contributed by atoms with E-state index in [0.29, 0.717) is 24.6 Å². The van der Waals surface area contributed by atoms with Crippen molar-refractivity contribution in [1.29, 1.82) is 0 Å². The number of hydrogen-bond acceptors (Lipinski definition) is 6. The molecule has 0 aliphatic rings. The van der Waals surface area contributed by atoms with Gasteiger partial charge in [0.05, 0.1) is 24.4 Å². The number of hydrogen-bond donors (Lipinski definition) is 0. The van der Waals surface area contributed by atoms with Crippen LogP contribution in [0.25, 0.3) is 10.7 Å². The lowest BCUT2D eigenvalue weighted by Crippen LogP contribution is -2.30. The molecule has 2 heterocycles. The van der Waals surface area contributed by atoms with Crippen molar-refractivity contribution in [3.8, 4) is 10.7 Å². The summed E-state index contributed by atoms with van der Waals surface area (Å²) in [7, 11) is 1.52. The van der Waals surface area contributed by atoms with E-state index in [1.807, 2.05) is 6.92 Å². The summed E-state index contributed by atoms with van der Waals surface area (Å²) in [6.07, 6.45) is -4.39. The molecule has 0 unspecified atom stereocenters. The Morgan fingerprint density at radius 1 is 1.42 bits per heavy atom. The van der Waals surface area contributed by atoms with E-state index in [-0.39, 0.29) is 18.2 Å². The topological polar surface area (TPSA) is 68.5 Å². The second-order valence-corrected chi connectivity index (χ2v) is 6.01. The molecule has 0 saturated heterocycles. The maximum atomic E-state index is 12.5. The van der Waals surface area contributed by atoms with Crippen LogP contribution in [0.5, 0.6) is 0 Å². The lowest BCUT2D eigenvalue weighted by atomic mass is 10.3. The predicted octanol–water partition coefficient (Wildman–Crippen LogP) is 3.20. The summed E-state index contributed by atoms with van der Waals surface area (Å²) in [6.45, 7) is 3.09. The largest absolute Gasteiger partial charge is 0.471 e. The van der Waals surface area contributed by atoms with E-state index in [1.54, 1.807) is 17.0 Å². The summed E-state index contributed by atoms with van der Waals surface area (Å²) in [4.78, 5) is 18.3. The number of nitrogens with zero attached hydrogens (tertiary/aromatic N) is 3. The van der Waals surface area contributed by atoms with Crippen LogP contribution in [0.15, 0.2) is 16.7 Å². The molecule has 0 atom stereocenters. The van der Waals surface area contributed by atoms with E-state index >= 15 is 0 Å². The molecular weight excluding hydrogens is 347 g/mol. The predicted molar refractivity (Wildman–Crippen MR) is 80.2 cm³/mol. The van der Waals surface area contributed by atoms with Gasteiger partial charge in [-0.2, -0.15) is 18.2 Å². The Hall–Kier alpha value is -1.94. The van der Waals surface area contributed by atoms with Crippen LogP contribution in [0.3, 0.4) is 0 Å². The normalized spacial score (nSPS) is 11.7. The molecule has 0 bridgehead atoms. The first-order valence-corrected chi connectivity index (χ1v) is 7.93. The third kappa shape index (κ3) is 4.54. The number of alkyl halides is 3. The number of methoxy groups -OCH3 is 1. The lowest BCUT2D eigenvalue weighted by Gasteiger charge is -2.19. The second-order valence-electron chi connectivity index (χ2n) is 4.84. The summed E-state index contributed by atoms with van der Waals surface area (Å²) in [5.41, 5.74) is 0. The van der Waals surface area contributed by atoms with Gasteiger partial charge in [-0.25, -0.2) is 0 Å². The number of carbonyl (C=O) groups is 1. The van der Waals surface area contributed by atoms with Gasteiger partial charge in [-0.3, -0.25) is 4.79 Å². The number of halogens is 3. The van der Waals surface area contributed by atoms with E-state index in [9.17, 15) is 18.0 Å². The summed E-state index contributed by atoms with van der Waals surface area (Å²) < 4.78 is 46.6. The van der Waals surface area contributed by atoms with Crippen molar-refractivity contribution in [2.24, 2.45) is 0 Å². The summed E-state index contributed by atoms with van der Waals surface area (Å²) in [5, 5.41) is 3.35. The zero-order chi connectivity index (χ0) is 17.7. The Bertz CT molecular complexity index is 684. The smallest absolute Gasteiger partial charge is 0.384 e. The molecule has 0 fully saturated rings. The first-order valence-electron chi connectivity index (χ1n) is 7.11. The molecule has 24 heavy (non-hydrogen) atoms. The van der Waals surface area contributed by atoms with Gasteiger partial charge in [-0.15, -0.1) is 11.3 Å². The van der Waals surface area contributed by atoms with Crippen LogP contribution in [-0.4, -0.2) is 41.2 Å². The summed E-state index contributed by atoms with van der Waals surface area (Å²) in [5.74, 6) is -1.54. The molecule has 6 nitrogen and oxygen atoms in total. The standard InChI is InChI=1S/C14H16F3N3O3S/c1-3-20(11(21)6-7-22-2)8-9-4-5-10(24-9)12-18-13(23-19-12)14(15,16)17/h4-5H,3,6-8H2,1-2H3. The maximum Gasteiger partial charge on any atom is 0.471 e. The first-order chi connectivity index (χ1) is 11.3. The van der Waals surface area contributed by atoms with Crippen LogP contribution in [0, 0.1) is 0 Å². The zero-order valence-electron chi connectivity index (χ0n) is 13.1. The molecule has 0 aliphatic heterocycles. The Kier molecular flexibility index (Phi) is 5.94. The summed E-state index contributed by atoms with van der Waals surface area (Å²) >= 11 is 1.22. The van der Waals surface area contributed by atoms with Crippen molar-refractivity contribution < 1.29 is 27.2 Å². The first kappa shape index (κ1) is 18.4. The monoisotopic (exact) mass is 363 g/mol. The van der Waals surface area contributed by atoms with E-state index in [1.165, 1.54) is 18.4 Å². The molecule has 0 aliphatic carbocycles. The van der Waals surface area contributed by atoms with Crippen LogP contribution in [0.4, 0.5) is 13.2 Å². The van der Waals surface area contributed by atoms with Gasteiger partial charge in [0.15, 0.2) is 0 Å². The van der Waals surface area contributed by atoms with Crippen LogP contribution in [-0.2, 0) is 22.3 Å². The Morgan fingerprint density at radius 3 is 2.75 bits per heavy atom. The van der Waals surface area contributed by atoms with Gasteiger partial charge < -0.3 is 14.2 Å². The summed E-state index contributed by atoms with van der Waals surface area (Å²) in [6, 6.07) is 3.34. The highest BCUT2D eigenvalue weighted by Gasteiger charge is 2.38. The van der Waals surface area contributed by atoms with Crippen molar-refractivity contribution in [2.75, 3.05) is 20.3 Å². The van der Waals surface area contributed by atoms with Crippen molar-refractivity contribution >= 4 is 17.2 Å². The molecule has 0 N–H and O–H groups in total. The van der Waals surface area contributed by atoms with Gasteiger partial charge >= 0.3 is 12.1 Å². The maximum absolute atomic E-state index is 12.5. The minimum absolute atomic E-state index is 0.0479. The number of amides is 1. The molecule has 0 radical (unpaired) electrons. The molecule has 10 heteroatoms. The van der Waals surface area contributed by atoms with Gasteiger partial charge in [-0.05, 0) is 19.1 Å². The average Bonchev–Trinajstić information content (AvgIpc) is 3.18. The lowest BCUT2D eigenvalue weighted by molar-refractivity contribution is -0.159. The fourth-order valence-electron chi connectivity index (χ4n) is 1.93. The van der Waals surface area contributed by atoms with Crippen LogP contribution in [0.1, 0.15) is 24.1 Å². The minimum Gasteiger partial charge on any atom is -0.384 e. The molecule has 0 spiro atoms. The number of thiophene rings is 1. The number of rotatable bonds is 7. The van der Waals surface area contributed by atoms with E-state index in [2.05, 4.69) is 14.7 Å². The molecule has 1 amide bonds. The number of ether oxygens (including phenoxy) is 1. The third-order valence-corrected chi connectivity index (χ3v) is 4.22. The van der Waals surface area contributed by atoms with Crippen molar-refractivity contribution in [3.63, 3.8) is 0 Å². The average molecular weight is 363 g/mol. The molecular formula is C14H16F3N3O3S. The zero-order valence-corrected chi connectivity index (χ0v) is 13.9. The molecule has 2 rings (SSSR count). The van der Waals surface area contributed by atoms with Crippen molar-refractivity contribution in [1.82, 2.24) is 15.0 Å². The Morgan fingerprint density at radius 2 is 2.17 bits per heavy atom. The molecule has 2 aromatic rings. The van der Waals surface area contributed by atoms with E-state index in [4.69, 9.17) is 4.74 Å². The SMILES string of the molecule is CCN(Cc1ccc(-c2noc(C(F)(F)F)n2)s1)C(=O)CCOC. The van der Waals surface area contributed by atoms with Crippen molar-refractivity contribution in [2.45, 2.75) is 26.1 Å². The highest BCUT2D eigenvalue weighted by molar-refractivity contribution is 7.15. The van der Waals surface area contributed by atoms with Crippen LogP contribution in [0.2, 0.25) is 0 Å². The van der Waals surface area contributed by atoms with Gasteiger partial charge in [0.2, 0.25) is 11.7 Å². The fraction of sp³-hybridized carbons (Fsp3) is 0.500. The van der Waals surface area contributed by atoms with Gasteiger partial charge in [-0.1, -0.05) is 5.16 Å². The highest BCUT2D eigenvalue weighted by Crippen LogP contribution is 2.32. The number of carbonyl (C=O) groups excluding carboxylic acids is 1. The third-order valence-electron chi connectivity index (χ3n) is 3.15. The van der Waals surface area contributed by atoms with Gasteiger partial charge in [0.25, 0.3) is 0 Å². The molecule has 2 aromatic heterocycles. The molecule has 0 aromatic carbocycles. The Labute approximate surface area is 140 Å². The van der Waals surface area contributed by atoms with Gasteiger partial charge in [0, 0.05) is 18.5 Å². The quantitative estimate of drug-likeness (QED) is 0.756. The Balaban J connectivity index is 2.07. The molecule has 132 valence electrons. The van der Waals surface area contributed by atoms with Crippen LogP contribution >= 0.6 is 11.3 Å². The second kappa shape index (κ2) is 7.75. The van der Waals surface area contributed by atoms with Crippen molar-refractivity contribution in [3.05, 3.63) is 22.9 Å². The highest BCUT2D eigenvalue weighted by atomic mass is 32.1. The van der Waals surface area contributed by atoms with E-state index in [0.717, 1.165) is 4.88 Å². The van der Waals surface area contributed by atoms with Crippen LogP contribution < -0.4 is 0 Å². The van der Waals surface area contributed by atoms with Gasteiger partial charge in [0.1, 0.15) is 0 Å². The minimum atomic E-state index is -4.67.